The Morgan fingerprint density at radius 2 is 1.66 bits per heavy atom. The lowest BCUT2D eigenvalue weighted by atomic mass is 9.73. The number of morpholine rings is 1. The van der Waals surface area contributed by atoms with Crippen molar-refractivity contribution in [1.82, 2.24) is 20.4 Å². The fraction of sp³-hybridized carbons (Fsp3) is 0.533. The van der Waals surface area contributed by atoms with Crippen LogP contribution in [0.25, 0.3) is 0 Å². The van der Waals surface area contributed by atoms with E-state index >= 15 is 0 Å². The molecule has 3 saturated heterocycles. The summed E-state index contributed by atoms with van der Waals surface area (Å²) in [6.45, 7) is 3.63. The Hall–Kier alpha value is -3.36. The van der Waals surface area contributed by atoms with Crippen LogP contribution in [0.3, 0.4) is 0 Å². The summed E-state index contributed by atoms with van der Waals surface area (Å²) < 4.78 is 92.4. The van der Waals surface area contributed by atoms with E-state index in [4.69, 9.17) is 9.47 Å². The standard InChI is InChI=1S/C30H34F6N4O4/c1-20(21-13-23(29(31,32)33)15-24(14-21)30(34,35)36)44-19-28(22-5-3-2-4-6-22)8-7-27(18-40(28)16-25(41)38-27)17-37-26(42)39-9-11-43-12-10-39/h2-6,13-15,20H,7-12,16-19H2,1H3,(H,37,42)(H,38,41)/t20-,27+,28-/m1/s1. The normalized spacial score (nSPS) is 26.6. The number of halogens is 6. The van der Waals surface area contributed by atoms with Crippen LogP contribution in [0.2, 0.25) is 0 Å². The minimum atomic E-state index is -4.98. The Bertz CT molecular complexity index is 1320. The lowest BCUT2D eigenvalue weighted by Gasteiger charge is -2.57. The summed E-state index contributed by atoms with van der Waals surface area (Å²) >= 11 is 0. The summed E-state index contributed by atoms with van der Waals surface area (Å²) in [4.78, 5) is 29.4. The van der Waals surface area contributed by atoms with Crippen LogP contribution in [-0.4, -0.2) is 79.8 Å². The largest absolute Gasteiger partial charge is 0.416 e. The van der Waals surface area contributed by atoms with E-state index in [1.54, 1.807) is 4.90 Å². The maximum atomic E-state index is 13.5. The van der Waals surface area contributed by atoms with Crippen LogP contribution in [0, 0.1) is 0 Å². The number of alkyl halides is 6. The first-order valence-electron chi connectivity index (χ1n) is 14.3. The van der Waals surface area contributed by atoms with E-state index in [-0.39, 0.29) is 43.3 Å². The van der Waals surface area contributed by atoms with Crippen molar-refractivity contribution in [2.75, 3.05) is 52.5 Å². The third-order valence-corrected chi connectivity index (χ3v) is 8.69. The second-order valence-corrected chi connectivity index (χ2v) is 11.6. The van der Waals surface area contributed by atoms with Gasteiger partial charge in [-0.25, -0.2) is 4.79 Å². The van der Waals surface area contributed by atoms with Gasteiger partial charge >= 0.3 is 18.4 Å². The van der Waals surface area contributed by atoms with E-state index in [0.29, 0.717) is 57.8 Å². The van der Waals surface area contributed by atoms with E-state index in [9.17, 15) is 35.9 Å². The molecule has 2 bridgehead atoms. The van der Waals surface area contributed by atoms with Crippen molar-refractivity contribution in [3.8, 4) is 0 Å². The summed E-state index contributed by atoms with van der Waals surface area (Å²) in [5.74, 6) is -0.266. The average molecular weight is 629 g/mol. The first-order chi connectivity index (χ1) is 20.7. The van der Waals surface area contributed by atoms with Gasteiger partial charge < -0.3 is 25.0 Å². The molecule has 240 valence electrons. The number of piperazine rings is 1. The molecule has 8 nitrogen and oxygen atoms in total. The summed E-state index contributed by atoms with van der Waals surface area (Å²) in [5, 5.41) is 5.99. The highest BCUT2D eigenvalue weighted by molar-refractivity contribution is 5.81. The van der Waals surface area contributed by atoms with Gasteiger partial charge in [0.25, 0.3) is 0 Å². The number of amides is 3. The molecule has 0 aromatic heterocycles. The predicted molar refractivity (Wildman–Crippen MR) is 146 cm³/mol. The molecule has 3 aliphatic rings. The zero-order chi connectivity index (χ0) is 31.8. The van der Waals surface area contributed by atoms with E-state index in [1.165, 1.54) is 6.92 Å². The second kappa shape index (κ2) is 12.2. The van der Waals surface area contributed by atoms with Crippen molar-refractivity contribution in [2.24, 2.45) is 0 Å². The van der Waals surface area contributed by atoms with Gasteiger partial charge in [0, 0.05) is 26.2 Å². The number of hydrogen-bond acceptors (Lipinski definition) is 5. The van der Waals surface area contributed by atoms with Crippen LogP contribution in [0.4, 0.5) is 31.1 Å². The van der Waals surface area contributed by atoms with Crippen LogP contribution >= 0.6 is 0 Å². The molecule has 3 fully saturated rings. The quantitative estimate of drug-likeness (QED) is 0.435. The number of rotatable bonds is 7. The Balaban J connectivity index is 1.39. The molecule has 0 saturated carbocycles. The van der Waals surface area contributed by atoms with Crippen LogP contribution in [-0.2, 0) is 32.2 Å². The van der Waals surface area contributed by atoms with Crippen LogP contribution in [0.15, 0.2) is 48.5 Å². The van der Waals surface area contributed by atoms with Crippen molar-refractivity contribution in [2.45, 2.75) is 49.3 Å². The van der Waals surface area contributed by atoms with E-state index < -0.39 is 40.7 Å². The summed E-state index contributed by atoms with van der Waals surface area (Å²) in [5.41, 5.74) is -3.96. The molecule has 14 heteroatoms. The molecule has 5 rings (SSSR count). The number of nitrogens with zero attached hydrogens (tertiary/aromatic N) is 2. The van der Waals surface area contributed by atoms with Crippen molar-refractivity contribution in [3.05, 3.63) is 70.8 Å². The van der Waals surface area contributed by atoms with Gasteiger partial charge in [0.1, 0.15) is 0 Å². The molecule has 0 aliphatic carbocycles. The number of urea groups is 1. The molecule has 1 unspecified atom stereocenters. The molecule has 44 heavy (non-hydrogen) atoms. The number of fused-ring (bicyclic) bond motifs is 2. The molecule has 3 aliphatic heterocycles. The lowest BCUT2D eigenvalue weighted by molar-refractivity contribution is -0.143. The minimum Gasteiger partial charge on any atom is -0.378 e. The van der Waals surface area contributed by atoms with Gasteiger partial charge in [0.15, 0.2) is 0 Å². The fourth-order valence-corrected chi connectivity index (χ4v) is 6.22. The molecule has 3 heterocycles. The van der Waals surface area contributed by atoms with Gasteiger partial charge in [0.2, 0.25) is 5.91 Å². The van der Waals surface area contributed by atoms with Gasteiger partial charge in [-0.2, -0.15) is 26.3 Å². The first-order valence-corrected chi connectivity index (χ1v) is 14.3. The third kappa shape index (κ3) is 6.81. The summed E-state index contributed by atoms with van der Waals surface area (Å²) in [7, 11) is 0. The van der Waals surface area contributed by atoms with Crippen molar-refractivity contribution < 1.29 is 45.4 Å². The minimum absolute atomic E-state index is 0.00637. The maximum absolute atomic E-state index is 13.5. The first kappa shape index (κ1) is 32.0. The van der Waals surface area contributed by atoms with E-state index in [1.807, 2.05) is 35.2 Å². The Morgan fingerprint density at radius 3 is 2.27 bits per heavy atom. The topological polar surface area (TPSA) is 83.1 Å². The monoisotopic (exact) mass is 628 g/mol. The SMILES string of the molecule is C[C@@H](OC[C@@]1(c2ccccc2)CC[C@]2(CNC(=O)N3CCOCC3)CN1CC(=O)N2)c1cc(C(F)(F)F)cc(C(F)(F)F)c1. The molecule has 2 N–H and O–H groups in total. The molecule has 2 aromatic rings. The average Bonchev–Trinajstić information content (AvgIpc) is 2.99. The molecular formula is C30H34F6N4O4. The van der Waals surface area contributed by atoms with Gasteiger partial charge in [0.05, 0.1) is 54.7 Å². The number of nitrogens with one attached hydrogen (secondary N) is 2. The molecule has 0 spiro atoms. The van der Waals surface area contributed by atoms with Crippen LogP contribution in [0.5, 0.6) is 0 Å². The predicted octanol–water partition coefficient (Wildman–Crippen LogP) is 4.70. The third-order valence-electron chi connectivity index (χ3n) is 8.69. The molecule has 3 amide bonds. The van der Waals surface area contributed by atoms with E-state index in [2.05, 4.69) is 10.6 Å². The Morgan fingerprint density at radius 1 is 1.02 bits per heavy atom. The molecular weight excluding hydrogens is 594 g/mol. The summed E-state index contributed by atoms with van der Waals surface area (Å²) in [6.07, 6.45) is -10.2. The highest BCUT2D eigenvalue weighted by Gasteiger charge is 2.53. The summed E-state index contributed by atoms with van der Waals surface area (Å²) in [6, 6.07) is 10.4. The number of piperidine rings is 1. The Kier molecular flexibility index (Phi) is 8.89. The number of ether oxygens (including phenoxy) is 2. The highest BCUT2D eigenvalue weighted by atomic mass is 19.4. The number of benzene rings is 2. The maximum Gasteiger partial charge on any atom is 0.416 e. The van der Waals surface area contributed by atoms with Gasteiger partial charge in [-0.1, -0.05) is 30.3 Å². The number of carbonyl (C=O) groups is 2. The number of carbonyl (C=O) groups excluding carboxylic acids is 2. The Labute approximate surface area is 250 Å². The van der Waals surface area contributed by atoms with Crippen LogP contribution in [0.1, 0.15) is 48.1 Å². The van der Waals surface area contributed by atoms with Crippen LogP contribution < -0.4 is 10.6 Å². The van der Waals surface area contributed by atoms with Crippen molar-refractivity contribution in [1.29, 1.82) is 0 Å². The zero-order valence-corrected chi connectivity index (χ0v) is 24.1. The van der Waals surface area contributed by atoms with Crippen molar-refractivity contribution in [3.63, 3.8) is 0 Å². The highest BCUT2D eigenvalue weighted by Crippen LogP contribution is 2.44. The molecule has 4 atom stereocenters. The fourth-order valence-electron chi connectivity index (χ4n) is 6.22. The molecule has 2 aromatic carbocycles. The van der Waals surface area contributed by atoms with Gasteiger partial charge in [-0.3, -0.25) is 9.69 Å². The van der Waals surface area contributed by atoms with E-state index in [0.717, 1.165) is 5.56 Å². The number of hydrogen-bond donors (Lipinski definition) is 2. The molecule has 0 radical (unpaired) electrons. The zero-order valence-electron chi connectivity index (χ0n) is 24.1. The lowest BCUT2D eigenvalue weighted by Crippen LogP contribution is -2.74. The second-order valence-electron chi connectivity index (χ2n) is 11.6. The van der Waals surface area contributed by atoms with Gasteiger partial charge in [-0.05, 0) is 49.1 Å². The van der Waals surface area contributed by atoms with Gasteiger partial charge in [-0.15, -0.1) is 0 Å². The van der Waals surface area contributed by atoms with Crippen molar-refractivity contribution >= 4 is 11.9 Å². The smallest absolute Gasteiger partial charge is 0.378 e.